The van der Waals surface area contributed by atoms with Crippen molar-refractivity contribution in [3.8, 4) is 22.8 Å². The van der Waals surface area contributed by atoms with Crippen LogP contribution in [0.4, 0.5) is 26.3 Å². The zero-order chi connectivity index (χ0) is 37.7. The number of alkyl halides is 6. The molecule has 0 amide bonds. The van der Waals surface area contributed by atoms with Crippen LogP contribution in [0.1, 0.15) is 62.7 Å². The van der Waals surface area contributed by atoms with E-state index >= 15 is 0 Å². The molecule has 5 aromatic rings. The SMILES string of the molecule is CC(=O)c1cc(Br)cc(COc2ccc(C(F)(F)F)cc2Cl)c1.CC(=O)c1cc(COc2ccc(C(F)(F)F)cc2Cl)cc(-c2coc(C)n2)c1. The summed E-state index contributed by atoms with van der Waals surface area (Å²) in [5.41, 5.74) is 1.84. The molecule has 1 heterocycles. The Hall–Kier alpha value is -4.33. The van der Waals surface area contributed by atoms with Gasteiger partial charge in [0.2, 0.25) is 0 Å². The summed E-state index contributed by atoms with van der Waals surface area (Å²) in [6.07, 6.45) is -7.46. The molecular formula is C36H26BrCl2F6NO5. The molecule has 6 nitrogen and oxygen atoms in total. The van der Waals surface area contributed by atoms with Crippen molar-refractivity contribution in [2.24, 2.45) is 0 Å². The molecule has 0 atom stereocenters. The lowest BCUT2D eigenvalue weighted by Crippen LogP contribution is -2.05. The fourth-order valence-corrected chi connectivity index (χ4v) is 5.48. The largest absolute Gasteiger partial charge is 0.487 e. The van der Waals surface area contributed by atoms with Gasteiger partial charge in [-0.05, 0) is 97.8 Å². The third-order valence-corrected chi connectivity index (χ3v) is 8.03. The van der Waals surface area contributed by atoms with Gasteiger partial charge in [0, 0.05) is 28.1 Å². The number of rotatable bonds is 9. The van der Waals surface area contributed by atoms with Crippen LogP contribution in [0.2, 0.25) is 10.0 Å². The van der Waals surface area contributed by atoms with Gasteiger partial charge in [0.05, 0.1) is 21.2 Å². The number of aromatic nitrogens is 1. The first kappa shape index (κ1) is 39.5. The van der Waals surface area contributed by atoms with Crippen LogP contribution in [-0.2, 0) is 25.6 Å². The smallest absolute Gasteiger partial charge is 0.416 e. The zero-order valence-corrected chi connectivity index (χ0v) is 29.9. The second-order valence-corrected chi connectivity index (χ2v) is 12.7. The lowest BCUT2D eigenvalue weighted by molar-refractivity contribution is -0.138. The van der Waals surface area contributed by atoms with Crippen LogP contribution < -0.4 is 9.47 Å². The maximum atomic E-state index is 12.7. The molecule has 0 saturated heterocycles. The number of hydrogen-bond acceptors (Lipinski definition) is 6. The summed E-state index contributed by atoms with van der Waals surface area (Å²) in [6, 6.07) is 16.0. The summed E-state index contributed by atoms with van der Waals surface area (Å²) in [6.45, 7) is 4.67. The van der Waals surface area contributed by atoms with Crippen molar-refractivity contribution in [2.75, 3.05) is 0 Å². The number of benzene rings is 4. The lowest BCUT2D eigenvalue weighted by Gasteiger charge is -2.12. The third-order valence-electron chi connectivity index (χ3n) is 6.99. The van der Waals surface area contributed by atoms with Gasteiger partial charge < -0.3 is 13.9 Å². The average Bonchev–Trinajstić information content (AvgIpc) is 3.48. The van der Waals surface area contributed by atoms with Crippen molar-refractivity contribution in [2.45, 2.75) is 46.3 Å². The van der Waals surface area contributed by atoms with E-state index in [1.807, 2.05) is 0 Å². The number of carbonyl (C=O) groups excluding carboxylic acids is 2. The van der Waals surface area contributed by atoms with Gasteiger partial charge in [0.25, 0.3) is 0 Å². The van der Waals surface area contributed by atoms with Gasteiger partial charge >= 0.3 is 12.4 Å². The number of hydrogen-bond donors (Lipinski definition) is 0. The molecule has 51 heavy (non-hydrogen) atoms. The fourth-order valence-electron chi connectivity index (χ4n) is 4.47. The summed E-state index contributed by atoms with van der Waals surface area (Å²) < 4.78 is 92.9. The van der Waals surface area contributed by atoms with Crippen LogP contribution in [0.5, 0.6) is 11.5 Å². The summed E-state index contributed by atoms with van der Waals surface area (Å²) in [4.78, 5) is 27.5. The zero-order valence-electron chi connectivity index (χ0n) is 26.8. The van der Waals surface area contributed by atoms with Gasteiger partial charge in [-0.2, -0.15) is 26.3 Å². The molecule has 0 saturated carbocycles. The molecule has 0 N–H and O–H groups in total. The van der Waals surface area contributed by atoms with Gasteiger partial charge in [-0.1, -0.05) is 39.1 Å². The Kier molecular flexibility index (Phi) is 12.6. The van der Waals surface area contributed by atoms with E-state index < -0.39 is 23.5 Å². The Morgan fingerprint density at radius 3 is 1.61 bits per heavy atom. The molecule has 0 radical (unpaired) electrons. The minimum Gasteiger partial charge on any atom is -0.487 e. The minimum atomic E-state index is -4.48. The number of aryl methyl sites for hydroxylation is 1. The van der Waals surface area contributed by atoms with Crippen molar-refractivity contribution in [3.05, 3.63) is 133 Å². The molecule has 0 aliphatic heterocycles. The van der Waals surface area contributed by atoms with E-state index in [1.54, 1.807) is 43.3 Å². The Bertz CT molecular complexity index is 2060. The summed E-state index contributed by atoms with van der Waals surface area (Å²) >= 11 is 15.0. The number of ether oxygens (including phenoxy) is 2. The summed E-state index contributed by atoms with van der Waals surface area (Å²) in [5, 5.41) is -0.272. The predicted octanol–water partition coefficient (Wildman–Crippen LogP) is 12.0. The molecule has 0 aliphatic rings. The van der Waals surface area contributed by atoms with Crippen molar-refractivity contribution in [1.29, 1.82) is 0 Å². The highest BCUT2D eigenvalue weighted by Gasteiger charge is 2.32. The molecule has 15 heteroatoms. The molecule has 268 valence electrons. The predicted molar refractivity (Wildman–Crippen MR) is 182 cm³/mol. The van der Waals surface area contributed by atoms with Crippen LogP contribution in [-0.4, -0.2) is 16.6 Å². The number of carbonyl (C=O) groups is 2. The monoisotopic (exact) mass is 815 g/mol. The highest BCUT2D eigenvalue weighted by molar-refractivity contribution is 9.10. The van der Waals surface area contributed by atoms with Crippen molar-refractivity contribution < 1.29 is 49.8 Å². The quantitative estimate of drug-likeness (QED) is 0.109. The Morgan fingerprint density at radius 1 is 0.725 bits per heavy atom. The van der Waals surface area contributed by atoms with E-state index in [0.717, 1.165) is 24.3 Å². The van der Waals surface area contributed by atoms with Gasteiger partial charge in [-0.25, -0.2) is 4.98 Å². The van der Waals surface area contributed by atoms with Gasteiger partial charge in [-0.15, -0.1) is 0 Å². The van der Waals surface area contributed by atoms with Crippen LogP contribution in [0.25, 0.3) is 11.3 Å². The molecule has 4 aromatic carbocycles. The Balaban J connectivity index is 0.000000233. The molecule has 0 spiro atoms. The van der Waals surface area contributed by atoms with Crippen molar-refractivity contribution >= 4 is 50.7 Å². The van der Waals surface area contributed by atoms with Crippen LogP contribution in [0, 0.1) is 6.92 Å². The normalized spacial score (nSPS) is 11.5. The van der Waals surface area contributed by atoms with Gasteiger partial charge in [-0.3, -0.25) is 9.59 Å². The van der Waals surface area contributed by atoms with E-state index in [2.05, 4.69) is 20.9 Å². The Labute approximate surface area is 306 Å². The lowest BCUT2D eigenvalue weighted by atomic mass is 10.0. The van der Waals surface area contributed by atoms with Crippen LogP contribution >= 0.6 is 39.1 Å². The van der Waals surface area contributed by atoms with Gasteiger partial charge in [0.15, 0.2) is 17.5 Å². The molecule has 0 fully saturated rings. The molecule has 0 unspecified atom stereocenters. The van der Waals surface area contributed by atoms with E-state index in [9.17, 15) is 35.9 Å². The van der Waals surface area contributed by atoms with Crippen LogP contribution in [0.15, 0.2) is 87.9 Å². The highest BCUT2D eigenvalue weighted by Crippen LogP contribution is 2.36. The molecule has 0 aliphatic carbocycles. The standard InChI is InChI=1S/C20H15ClF3NO3.C16H11BrClF3O2/c1-11(26)14-5-13(6-15(7-14)18-10-27-12(2)25-18)9-28-19-4-3-16(8-17(19)21)20(22,23)24;1-9(22)11-4-10(5-13(17)6-11)8-23-15-3-2-12(7-14(15)18)16(19,20)21/h3-8,10H,9H2,1-2H3;2-7H,8H2,1H3. The second-order valence-electron chi connectivity index (χ2n) is 11.0. The van der Waals surface area contributed by atoms with E-state index in [-0.39, 0.29) is 46.3 Å². The van der Waals surface area contributed by atoms with Gasteiger partial charge in [0.1, 0.15) is 36.7 Å². The van der Waals surface area contributed by atoms with E-state index in [0.29, 0.717) is 43.9 Å². The van der Waals surface area contributed by atoms with E-state index in [1.165, 1.54) is 32.2 Å². The number of oxazole rings is 1. The molecule has 0 bridgehead atoms. The first-order valence-electron chi connectivity index (χ1n) is 14.7. The van der Waals surface area contributed by atoms with Crippen molar-refractivity contribution in [1.82, 2.24) is 4.98 Å². The van der Waals surface area contributed by atoms with Crippen molar-refractivity contribution in [3.63, 3.8) is 0 Å². The topological polar surface area (TPSA) is 78.6 Å². The third kappa shape index (κ3) is 11.1. The first-order valence-corrected chi connectivity index (χ1v) is 16.2. The fraction of sp³-hybridized carbons (Fsp3) is 0.194. The van der Waals surface area contributed by atoms with E-state index in [4.69, 9.17) is 37.1 Å². The molecule has 1 aromatic heterocycles. The Morgan fingerprint density at radius 2 is 1.20 bits per heavy atom. The molecule has 5 rings (SSSR count). The number of Topliss-reactive ketones (excluding diaryl/α,β-unsaturated/α-hetero) is 2. The second kappa shape index (κ2) is 16.3. The molecular weight excluding hydrogens is 791 g/mol. The van der Waals surface area contributed by atoms with Crippen LogP contribution in [0.3, 0.4) is 0 Å². The number of ketones is 2. The highest BCUT2D eigenvalue weighted by atomic mass is 79.9. The summed E-state index contributed by atoms with van der Waals surface area (Å²) in [5.74, 6) is 0.499. The average molecular weight is 817 g/mol. The minimum absolute atomic E-state index is 0.00996. The number of halogens is 9. The first-order chi connectivity index (χ1) is 23.8. The summed E-state index contributed by atoms with van der Waals surface area (Å²) in [7, 11) is 0. The maximum Gasteiger partial charge on any atom is 0.416 e. The number of nitrogens with zero attached hydrogens (tertiary/aromatic N) is 1. The maximum absolute atomic E-state index is 12.7.